The molecule has 10 nitrogen and oxygen atoms in total. The van der Waals surface area contributed by atoms with Gasteiger partial charge in [-0.05, 0) is 24.1 Å². The highest BCUT2D eigenvalue weighted by Gasteiger charge is 2.31. The number of aryl methyl sites for hydroxylation is 1. The van der Waals surface area contributed by atoms with Crippen LogP contribution in [0, 0.1) is 0 Å². The number of piperidine rings is 1. The van der Waals surface area contributed by atoms with Crippen molar-refractivity contribution in [1.82, 2.24) is 24.7 Å². The van der Waals surface area contributed by atoms with Crippen molar-refractivity contribution in [3.8, 4) is 0 Å². The molecule has 2 aromatic rings. The SMILES string of the molecule is Cn1c(=O)n(C2CCC(=O)NC2=O)c2ccc(CCOC(=O)N3CCNCC3)cc21. The fourth-order valence-corrected chi connectivity index (χ4v) is 3.99. The van der Waals surface area contributed by atoms with Gasteiger partial charge in [-0.1, -0.05) is 6.07 Å². The maximum Gasteiger partial charge on any atom is 0.409 e. The number of benzene rings is 1. The van der Waals surface area contributed by atoms with Crippen molar-refractivity contribution in [2.75, 3.05) is 32.8 Å². The van der Waals surface area contributed by atoms with Gasteiger partial charge >= 0.3 is 11.8 Å². The number of hydrogen-bond donors (Lipinski definition) is 2. The van der Waals surface area contributed by atoms with Crippen molar-refractivity contribution in [1.29, 1.82) is 0 Å². The number of amides is 3. The lowest BCUT2D eigenvalue weighted by Crippen LogP contribution is -2.46. The Morgan fingerprint density at radius 1 is 1.17 bits per heavy atom. The van der Waals surface area contributed by atoms with Gasteiger partial charge in [0.25, 0.3) is 0 Å². The molecule has 4 rings (SSSR count). The summed E-state index contributed by atoms with van der Waals surface area (Å²) in [7, 11) is 1.65. The van der Waals surface area contributed by atoms with Gasteiger partial charge in [-0.25, -0.2) is 9.59 Å². The van der Waals surface area contributed by atoms with Crippen LogP contribution in [-0.2, 0) is 27.8 Å². The van der Waals surface area contributed by atoms with Crippen molar-refractivity contribution in [3.05, 3.63) is 34.2 Å². The van der Waals surface area contributed by atoms with E-state index in [2.05, 4.69) is 10.6 Å². The van der Waals surface area contributed by atoms with Crippen LogP contribution >= 0.6 is 0 Å². The molecule has 2 aliphatic heterocycles. The summed E-state index contributed by atoms with van der Waals surface area (Å²) in [4.78, 5) is 50.3. The molecule has 30 heavy (non-hydrogen) atoms. The molecule has 1 atom stereocenters. The first-order valence-electron chi connectivity index (χ1n) is 10.1. The fraction of sp³-hybridized carbons (Fsp3) is 0.500. The molecule has 0 saturated carbocycles. The Morgan fingerprint density at radius 3 is 2.67 bits per heavy atom. The van der Waals surface area contributed by atoms with Crippen LogP contribution in [0.4, 0.5) is 4.79 Å². The average Bonchev–Trinajstić information content (AvgIpc) is 2.99. The first-order valence-corrected chi connectivity index (χ1v) is 10.1. The van der Waals surface area contributed by atoms with E-state index in [1.54, 1.807) is 18.0 Å². The molecule has 0 spiro atoms. The lowest BCUT2D eigenvalue weighted by Gasteiger charge is -2.26. The standard InChI is InChI=1S/C20H25N5O5/c1-23-16-12-13(6-11-30-20(29)24-9-7-21-8-10-24)2-3-14(16)25(19(23)28)15-4-5-17(26)22-18(15)27/h2-3,12,15,21H,4-11H2,1H3,(H,22,26,27). The number of carbonyl (C=O) groups excluding carboxylic acids is 3. The highest BCUT2D eigenvalue weighted by molar-refractivity contribution is 6.00. The second-order valence-corrected chi connectivity index (χ2v) is 7.60. The van der Waals surface area contributed by atoms with Gasteiger partial charge in [0.2, 0.25) is 11.8 Å². The van der Waals surface area contributed by atoms with Crippen LogP contribution in [0.3, 0.4) is 0 Å². The van der Waals surface area contributed by atoms with E-state index in [0.29, 0.717) is 37.0 Å². The van der Waals surface area contributed by atoms with E-state index in [1.165, 1.54) is 9.13 Å². The number of imide groups is 1. The summed E-state index contributed by atoms with van der Waals surface area (Å²) < 4.78 is 8.32. The van der Waals surface area contributed by atoms with E-state index in [1.807, 2.05) is 12.1 Å². The largest absolute Gasteiger partial charge is 0.449 e. The van der Waals surface area contributed by atoms with Crippen LogP contribution in [0.5, 0.6) is 0 Å². The lowest BCUT2D eigenvalue weighted by molar-refractivity contribution is -0.135. The molecular formula is C20H25N5O5. The third-order valence-electron chi connectivity index (χ3n) is 5.67. The van der Waals surface area contributed by atoms with Gasteiger partial charge in [0.15, 0.2) is 0 Å². The second kappa shape index (κ2) is 8.31. The smallest absolute Gasteiger partial charge is 0.409 e. The van der Waals surface area contributed by atoms with Crippen LogP contribution in [0.1, 0.15) is 24.4 Å². The molecule has 1 aromatic heterocycles. The van der Waals surface area contributed by atoms with Crippen molar-refractivity contribution in [2.24, 2.45) is 7.05 Å². The molecule has 0 radical (unpaired) electrons. The number of hydrogen-bond acceptors (Lipinski definition) is 6. The first-order chi connectivity index (χ1) is 14.5. The topological polar surface area (TPSA) is 115 Å². The average molecular weight is 415 g/mol. The zero-order chi connectivity index (χ0) is 21.3. The molecule has 160 valence electrons. The summed E-state index contributed by atoms with van der Waals surface area (Å²) in [6.45, 7) is 3.06. The molecule has 0 bridgehead atoms. The highest BCUT2D eigenvalue weighted by atomic mass is 16.6. The summed E-state index contributed by atoms with van der Waals surface area (Å²) >= 11 is 0. The number of carbonyl (C=O) groups is 3. The van der Waals surface area contributed by atoms with E-state index in [-0.39, 0.29) is 30.7 Å². The predicted octanol–water partition coefficient (Wildman–Crippen LogP) is -0.0980. The fourth-order valence-electron chi connectivity index (χ4n) is 3.99. The molecule has 2 fully saturated rings. The number of ether oxygens (including phenoxy) is 1. The van der Waals surface area contributed by atoms with E-state index in [9.17, 15) is 19.2 Å². The molecule has 3 amide bonds. The third-order valence-corrected chi connectivity index (χ3v) is 5.67. The van der Waals surface area contributed by atoms with Crippen LogP contribution in [0.2, 0.25) is 0 Å². The number of nitrogens with one attached hydrogen (secondary N) is 2. The molecule has 2 saturated heterocycles. The van der Waals surface area contributed by atoms with Crippen molar-refractivity contribution < 1.29 is 19.1 Å². The van der Waals surface area contributed by atoms with Crippen molar-refractivity contribution in [3.63, 3.8) is 0 Å². The summed E-state index contributed by atoms with van der Waals surface area (Å²) in [5, 5.41) is 5.49. The number of piperazine rings is 1. The van der Waals surface area contributed by atoms with Crippen LogP contribution in [-0.4, -0.2) is 64.7 Å². The quantitative estimate of drug-likeness (QED) is 0.674. The highest BCUT2D eigenvalue weighted by Crippen LogP contribution is 2.23. The van der Waals surface area contributed by atoms with Gasteiger partial charge in [0, 0.05) is 46.1 Å². The molecule has 1 aromatic carbocycles. The van der Waals surface area contributed by atoms with E-state index < -0.39 is 11.9 Å². The maximum absolute atomic E-state index is 12.8. The summed E-state index contributed by atoms with van der Waals surface area (Å²) in [5.74, 6) is -0.771. The molecule has 1 unspecified atom stereocenters. The molecule has 0 aliphatic carbocycles. The second-order valence-electron chi connectivity index (χ2n) is 7.60. The lowest BCUT2D eigenvalue weighted by atomic mass is 10.1. The van der Waals surface area contributed by atoms with Crippen molar-refractivity contribution >= 4 is 28.9 Å². The molecule has 10 heteroatoms. The number of rotatable bonds is 4. The third kappa shape index (κ3) is 3.82. The summed E-state index contributed by atoms with van der Waals surface area (Å²) in [6.07, 6.45) is 0.711. The number of aromatic nitrogens is 2. The number of fused-ring (bicyclic) bond motifs is 1. The number of nitrogens with zero attached hydrogens (tertiary/aromatic N) is 3. The molecule has 2 aliphatic rings. The Labute approximate surface area is 172 Å². The summed E-state index contributed by atoms with van der Waals surface area (Å²) in [5.41, 5.74) is 1.95. The van der Waals surface area contributed by atoms with Gasteiger partial charge in [-0.3, -0.25) is 24.0 Å². The van der Waals surface area contributed by atoms with Crippen molar-refractivity contribution in [2.45, 2.75) is 25.3 Å². The first kappa shape index (κ1) is 20.1. The van der Waals surface area contributed by atoms with Crippen LogP contribution < -0.4 is 16.3 Å². The minimum absolute atomic E-state index is 0.204. The van der Waals surface area contributed by atoms with Gasteiger partial charge in [0.1, 0.15) is 6.04 Å². The van der Waals surface area contributed by atoms with Gasteiger partial charge < -0.3 is 15.0 Å². The zero-order valence-corrected chi connectivity index (χ0v) is 16.8. The zero-order valence-electron chi connectivity index (χ0n) is 16.8. The monoisotopic (exact) mass is 415 g/mol. The Balaban J connectivity index is 1.49. The van der Waals surface area contributed by atoms with E-state index >= 15 is 0 Å². The Bertz CT molecular complexity index is 1050. The predicted molar refractivity (Wildman–Crippen MR) is 108 cm³/mol. The minimum atomic E-state index is -0.704. The molecular weight excluding hydrogens is 390 g/mol. The van der Waals surface area contributed by atoms with E-state index in [0.717, 1.165) is 18.7 Å². The van der Waals surface area contributed by atoms with Gasteiger partial charge in [-0.15, -0.1) is 0 Å². The Morgan fingerprint density at radius 2 is 1.93 bits per heavy atom. The number of imidazole rings is 1. The molecule has 3 heterocycles. The molecule has 2 N–H and O–H groups in total. The van der Waals surface area contributed by atoms with Gasteiger partial charge in [0.05, 0.1) is 17.6 Å². The maximum atomic E-state index is 12.8. The minimum Gasteiger partial charge on any atom is -0.449 e. The van der Waals surface area contributed by atoms with Crippen LogP contribution in [0.25, 0.3) is 11.0 Å². The van der Waals surface area contributed by atoms with Crippen LogP contribution in [0.15, 0.2) is 23.0 Å². The normalized spacial score (nSPS) is 19.8. The van der Waals surface area contributed by atoms with Gasteiger partial charge in [-0.2, -0.15) is 0 Å². The summed E-state index contributed by atoms with van der Waals surface area (Å²) in [6, 6.07) is 4.83. The Hall–Kier alpha value is -3.14. The van der Waals surface area contributed by atoms with E-state index in [4.69, 9.17) is 4.74 Å². The Kier molecular flexibility index (Phi) is 5.58.